The van der Waals surface area contributed by atoms with Gasteiger partial charge in [-0.3, -0.25) is 19.8 Å². The first kappa shape index (κ1) is 21.6. The molecule has 0 spiro atoms. The molecule has 2 amide bonds. The minimum atomic E-state index is -0.519. The number of methoxy groups -OCH3 is 1. The van der Waals surface area contributed by atoms with E-state index in [1.807, 2.05) is 48.7 Å². The van der Waals surface area contributed by atoms with Crippen LogP contribution in [-0.2, 0) is 16.1 Å². The number of fused-ring (bicyclic) bond motifs is 1. The number of nitrogens with zero attached hydrogens (tertiary/aromatic N) is 2. The summed E-state index contributed by atoms with van der Waals surface area (Å²) in [5.41, 5.74) is 3.49. The predicted molar refractivity (Wildman–Crippen MR) is 137 cm³/mol. The lowest BCUT2D eigenvalue weighted by Gasteiger charge is -2.29. The van der Waals surface area contributed by atoms with Crippen molar-refractivity contribution in [2.24, 2.45) is 0 Å². The van der Waals surface area contributed by atoms with Crippen molar-refractivity contribution in [1.82, 2.24) is 9.88 Å². The van der Waals surface area contributed by atoms with Gasteiger partial charge in [0.1, 0.15) is 11.3 Å². The lowest BCUT2D eigenvalue weighted by atomic mass is 10.1. The minimum Gasteiger partial charge on any atom is -0.497 e. The van der Waals surface area contributed by atoms with Gasteiger partial charge < -0.3 is 9.30 Å². The van der Waals surface area contributed by atoms with Crippen molar-refractivity contribution in [2.45, 2.75) is 6.54 Å². The molecule has 168 valence electrons. The number of ether oxygens (including phenoxy) is 1. The van der Waals surface area contributed by atoms with Crippen LogP contribution < -0.4 is 15.0 Å². The smallest absolute Gasteiger partial charge is 0.270 e. The fourth-order valence-corrected chi connectivity index (χ4v) is 4.38. The van der Waals surface area contributed by atoms with Crippen molar-refractivity contribution < 1.29 is 14.3 Å². The van der Waals surface area contributed by atoms with E-state index in [2.05, 4.69) is 22.0 Å². The van der Waals surface area contributed by atoms with Crippen LogP contribution in [0.3, 0.4) is 0 Å². The third-order valence-electron chi connectivity index (χ3n) is 5.73. The SMILES string of the molecule is COc1cccc(N2C(=O)/C(=C\c3cn(Cc4ccccc4)c4ccccc34)C(=O)NC2=S)c1. The number of hydrogen-bond donors (Lipinski definition) is 1. The molecule has 6 nitrogen and oxygen atoms in total. The van der Waals surface area contributed by atoms with Crippen molar-refractivity contribution in [1.29, 1.82) is 0 Å². The molecule has 0 saturated carbocycles. The molecule has 1 aliphatic heterocycles. The van der Waals surface area contributed by atoms with E-state index in [1.165, 1.54) is 4.90 Å². The molecule has 5 rings (SSSR count). The zero-order valence-electron chi connectivity index (χ0n) is 18.4. The molecule has 0 bridgehead atoms. The fourth-order valence-electron chi connectivity index (χ4n) is 4.10. The van der Waals surface area contributed by atoms with Gasteiger partial charge >= 0.3 is 0 Å². The maximum atomic E-state index is 13.4. The lowest BCUT2D eigenvalue weighted by molar-refractivity contribution is -0.122. The van der Waals surface area contributed by atoms with Crippen molar-refractivity contribution in [3.05, 3.63) is 102 Å². The zero-order valence-corrected chi connectivity index (χ0v) is 19.2. The summed E-state index contributed by atoms with van der Waals surface area (Å²) in [4.78, 5) is 27.6. The lowest BCUT2D eigenvalue weighted by Crippen LogP contribution is -2.54. The number of hydrogen-bond acceptors (Lipinski definition) is 4. The highest BCUT2D eigenvalue weighted by Crippen LogP contribution is 2.28. The van der Waals surface area contributed by atoms with Crippen LogP contribution >= 0.6 is 12.2 Å². The van der Waals surface area contributed by atoms with Gasteiger partial charge in [0.2, 0.25) is 0 Å². The van der Waals surface area contributed by atoms with E-state index in [0.717, 1.165) is 22.0 Å². The zero-order chi connectivity index (χ0) is 23.7. The highest BCUT2D eigenvalue weighted by Gasteiger charge is 2.34. The molecule has 2 heterocycles. The first-order valence-corrected chi connectivity index (χ1v) is 11.1. The van der Waals surface area contributed by atoms with Crippen molar-refractivity contribution in [2.75, 3.05) is 12.0 Å². The Hall–Kier alpha value is -4.23. The topological polar surface area (TPSA) is 63.6 Å². The third-order valence-corrected chi connectivity index (χ3v) is 6.01. The van der Waals surface area contributed by atoms with Crippen LogP contribution in [0.1, 0.15) is 11.1 Å². The van der Waals surface area contributed by atoms with Crippen LogP contribution in [0.15, 0.2) is 90.6 Å². The average Bonchev–Trinajstić information content (AvgIpc) is 3.19. The molecule has 0 atom stereocenters. The predicted octanol–water partition coefficient (Wildman–Crippen LogP) is 4.53. The normalized spacial score (nSPS) is 15.1. The van der Waals surface area contributed by atoms with E-state index in [0.29, 0.717) is 18.0 Å². The van der Waals surface area contributed by atoms with Gasteiger partial charge in [-0.1, -0.05) is 54.6 Å². The monoisotopic (exact) mass is 467 g/mol. The number of thiocarbonyl (C=S) groups is 1. The first-order valence-electron chi connectivity index (χ1n) is 10.7. The van der Waals surface area contributed by atoms with E-state index >= 15 is 0 Å². The molecule has 7 heteroatoms. The van der Waals surface area contributed by atoms with Crippen LogP contribution in [0, 0.1) is 0 Å². The van der Waals surface area contributed by atoms with Gasteiger partial charge in [0.15, 0.2) is 5.11 Å². The van der Waals surface area contributed by atoms with Gasteiger partial charge in [0.05, 0.1) is 12.8 Å². The number of nitrogens with one attached hydrogen (secondary N) is 1. The van der Waals surface area contributed by atoms with Crippen molar-refractivity contribution in [3.8, 4) is 5.75 Å². The number of carbonyl (C=O) groups excluding carboxylic acids is 2. The van der Waals surface area contributed by atoms with Crippen molar-refractivity contribution >= 4 is 51.8 Å². The van der Waals surface area contributed by atoms with Crippen LogP contribution in [0.25, 0.3) is 17.0 Å². The second-order valence-corrected chi connectivity index (χ2v) is 8.26. The Labute approximate surface area is 202 Å². The van der Waals surface area contributed by atoms with Gasteiger partial charge in [-0.15, -0.1) is 0 Å². The van der Waals surface area contributed by atoms with E-state index in [9.17, 15) is 9.59 Å². The average molecular weight is 468 g/mol. The second kappa shape index (κ2) is 8.96. The first-order chi connectivity index (χ1) is 16.5. The van der Waals surface area contributed by atoms with E-state index in [1.54, 1.807) is 37.5 Å². The van der Waals surface area contributed by atoms with Crippen LogP contribution in [0.2, 0.25) is 0 Å². The number of aromatic nitrogens is 1. The highest BCUT2D eigenvalue weighted by molar-refractivity contribution is 7.80. The summed E-state index contributed by atoms with van der Waals surface area (Å²) in [6.45, 7) is 0.671. The van der Waals surface area contributed by atoms with Gasteiger partial charge in [0, 0.05) is 35.3 Å². The molecule has 1 aromatic heterocycles. The van der Waals surface area contributed by atoms with E-state index in [4.69, 9.17) is 17.0 Å². The highest BCUT2D eigenvalue weighted by atomic mass is 32.1. The number of benzene rings is 3. The summed E-state index contributed by atoms with van der Waals surface area (Å²) in [5.74, 6) is -0.421. The van der Waals surface area contributed by atoms with Gasteiger partial charge in [0.25, 0.3) is 11.8 Å². The summed E-state index contributed by atoms with van der Waals surface area (Å²) in [5, 5.41) is 3.63. The van der Waals surface area contributed by atoms with Crippen LogP contribution in [-0.4, -0.2) is 28.6 Å². The molecule has 1 saturated heterocycles. The molecule has 4 aromatic rings. The number of carbonyl (C=O) groups is 2. The Bertz CT molecular complexity index is 1460. The Morgan fingerprint density at radius 3 is 2.53 bits per heavy atom. The molecule has 1 N–H and O–H groups in total. The number of anilines is 1. The molecule has 0 aliphatic carbocycles. The largest absolute Gasteiger partial charge is 0.497 e. The molecule has 1 fully saturated rings. The summed E-state index contributed by atoms with van der Waals surface area (Å²) >= 11 is 5.32. The number of para-hydroxylation sites is 1. The van der Waals surface area contributed by atoms with Gasteiger partial charge in [-0.2, -0.15) is 0 Å². The summed E-state index contributed by atoms with van der Waals surface area (Å²) in [6, 6.07) is 25.0. The quantitative estimate of drug-likeness (QED) is 0.266. The molecular weight excluding hydrogens is 446 g/mol. The molecule has 3 aromatic carbocycles. The molecular formula is C27H21N3O3S. The Balaban J connectivity index is 1.57. The second-order valence-electron chi connectivity index (χ2n) is 7.87. The van der Waals surface area contributed by atoms with Crippen molar-refractivity contribution in [3.63, 3.8) is 0 Å². The molecule has 0 unspecified atom stereocenters. The Morgan fingerprint density at radius 2 is 1.74 bits per heavy atom. The fraction of sp³-hybridized carbons (Fsp3) is 0.0741. The third kappa shape index (κ3) is 3.97. The maximum absolute atomic E-state index is 13.4. The molecule has 1 aliphatic rings. The van der Waals surface area contributed by atoms with Crippen LogP contribution in [0.5, 0.6) is 5.75 Å². The van der Waals surface area contributed by atoms with Gasteiger partial charge in [-0.25, -0.2) is 0 Å². The van der Waals surface area contributed by atoms with E-state index in [-0.39, 0.29) is 10.7 Å². The number of rotatable bonds is 5. The van der Waals surface area contributed by atoms with Crippen LogP contribution in [0.4, 0.5) is 5.69 Å². The minimum absolute atomic E-state index is 0.0130. The maximum Gasteiger partial charge on any atom is 0.270 e. The Morgan fingerprint density at radius 1 is 0.971 bits per heavy atom. The molecule has 34 heavy (non-hydrogen) atoms. The Kier molecular flexibility index (Phi) is 5.69. The summed E-state index contributed by atoms with van der Waals surface area (Å²) in [7, 11) is 1.55. The standard InChI is InChI=1S/C27H21N3O3S/c1-33-21-11-7-10-20(15-21)30-26(32)23(25(31)28-27(30)34)14-19-17-29(16-18-8-3-2-4-9-18)24-13-6-5-12-22(19)24/h2-15,17H,16H2,1H3,(H,28,31,34)/b23-14-. The summed E-state index contributed by atoms with van der Waals surface area (Å²) in [6.07, 6.45) is 3.60. The number of amides is 2. The van der Waals surface area contributed by atoms with Gasteiger partial charge in [-0.05, 0) is 42.1 Å². The summed E-state index contributed by atoms with van der Waals surface area (Å²) < 4.78 is 7.39. The van der Waals surface area contributed by atoms with E-state index < -0.39 is 11.8 Å². The molecule has 0 radical (unpaired) electrons.